The highest BCUT2D eigenvalue weighted by molar-refractivity contribution is 5.78. The van der Waals surface area contributed by atoms with Gasteiger partial charge in [0, 0.05) is 19.1 Å². The number of ether oxygens (including phenoxy) is 1. The normalized spacial score (nSPS) is 19.1. The van der Waals surface area contributed by atoms with Crippen LogP contribution in [0, 0.1) is 13.8 Å². The van der Waals surface area contributed by atoms with Crippen LogP contribution in [-0.4, -0.2) is 36.5 Å². The maximum Gasteiger partial charge on any atom is 0.260 e. The number of benzene rings is 1. The van der Waals surface area contributed by atoms with Crippen molar-refractivity contribution in [2.24, 2.45) is 5.73 Å². The Labute approximate surface area is 108 Å². The van der Waals surface area contributed by atoms with Gasteiger partial charge in [0.2, 0.25) is 0 Å². The number of likely N-dealkylation sites (tertiary alicyclic amines) is 1. The van der Waals surface area contributed by atoms with Gasteiger partial charge in [-0.25, -0.2) is 0 Å². The van der Waals surface area contributed by atoms with Gasteiger partial charge in [0.1, 0.15) is 5.75 Å². The third-order valence-corrected chi connectivity index (χ3v) is 3.26. The maximum absolute atomic E-state index is 11.9. The largest absolute Gasteiger partial charge is 0.484 e. The molecule has 2 N–H and O–H groups in total. The van der Waals surface area contributed by atoms with Crippen LogP contribution in [0.3, 0.4) is 0 Å². The zero-order chi connectivity index (χ0) is 13.1. The quantitative estimate of drug-likeness (QED) is 0.875. The number of aryl methyl sites for hydroxylation is 2. The summed E-state index contributed by atoms with van der Waals surface area (Å²) in [5.74, 6) is 0.792. The monoisotopic (exact) mass is 248 g/mol. The Hall–Kier alpha value is -1.55. The first kappa shape index (κ1) is 12.9. The molecular formula is C14H20N2O2. The molecule has 98 valence electrons. The molecule has 1 heterocycles. The van der Waals surface area contributed by atoms with Crippen LogP contribution >= 0.6 is 0 Å². The minimum absolute atomic E-state index is 0.0166. The van der Waals surface area contributed by atoms with Crippen LogP contribution in [0.2, 0.25) is 0 Å². The molecule has 0 aromatic heterocycles. The summed E-state index contributed by atoms with van der Waals surface area (Å²) >= 11 is 0. The highest BCUT2D eigenvalue weighted by Gasteiger charge is 2.23. The van der Waals surface area contributed by atoms with E-state index in [2.05, 4.69) is 0 Å². The first-order valence-electron chi connectivity index (χ1n) is 6.29. The molecule has 2 rings (SSSR count). The minimum atomic E-state index is 0.0166. The summed E-state index contributed by atoms with van der Waals surface area (Å²) in [6.07, 6.45) is 0.884. The predicted octanol–water partition coefficient (Wildman–Crippen LogP) is 1.24. The first-order chi connectivity index (χ1) is 8.56. The zero-order valence-electron chi connectivity index (χ0n) is 11.0. The summed E-state index contributed by atoms with van der Waals surface area (Å²) in [4.78, 5) is 13.7. The number of nitrogens with zero attached hydrogens (tertiary/aromatic N) is 1. The molecular weight excluding hydrogens is 228 g/mol. The molecule has 1 aromatic rings. The third-order valence-electron chi connectivity index (χ3n) is 3.26. The van der Waals surface area contributed by atoms with Crippen molar-refractivity contribution >= 4 is 5.91 Å². The molecule has 1 amide bonds. The van der Waals surface area contributed by atoms with Crippen molar-refractivity contribution in [3.05, 3.63) is 29.3 Å². The second-order valence-electron chi connectivity index (χ2n) is 4.95. The van der Waals surface area contributed by atoms with Crippen molar-refractivity contribution in [3.63, 3.8) is 0 Å². The first-order valence-corrected chi connectivity index (χ1v) is 6.29. The van der Waals surface area contributed by atoms with Gasteiger partial charge >= 0.3 is 0 Å². The molecule has 0 unspecified atom stereocenters. The topological polar surface area (TPSA) is 55.6 Å². The average Bonchev–Trinajstić information content (AvgIpc) is 2.74. The summed E-state index contributed by atoms with van der Waals surface area (Å²) in [6.45, 7) is 5.51. The Morgan fingerprint density at radius 3 is 2.89 bits per heavy atom. The Kier molecular flexibility index (Phi) is 3.87. The van der Waals surface area contributed by atoms with Gasteiger partial charge in [-0.3, -0.25) is 4.79 Å². The van der Waals surface area contributed by atoms with Crippen molar-refractivity contribution in [2.45, 2.75) is 26.3 Å². The second kappa shape index (κ2) is 5.40. The Bertz CT molecular complexity index is 445. The highest BCUT2D eigenvalue weighted by Crippen LogP contribution is 2.19. The fourth-order valence-electron chi connectivity index (χ4n) is 2.21. The summed E-state index contributed by atoms with van der Waals surface area (Å²) in [6, 6.07) is 6.06. The molecule has 1 aromatic carbocycles. The van der Waals surface area contributed by atoms with Crippen molar-refractivity contribution in [1.82, 2.24) is 4.90 Å². The molecule has 0 aliphatic carbocycles. The number of nitrogens with two attached hydrogens (primary N) is 1. The van der Waals surface area contributed by atoms with Crippen molar-refractivity contribution < 1.29 is 9.53 Å². The minimum Gasteiger partial charge on any atom is -0.484 e. The van der Waals surface area contributed by atoms with Gasteiger partial charge in [0.25, 0.3) is 5.91 Å². The average molecular weight is 248 g/mol. The van der Waals surface area contributed by atoms with Crippen LogP contribution in [-0.2, 0) is 4.79 Å². The number of amides is 1. The third kappa shape index (κ3) is 3.01. The molecule has 4 heteroatoms. The standard InChI is InChI=1S/C14H20N2O2/c1-10-3-4-13(11(2)7-10)18-9-14(17)16-6-5-12(15)8-16/h3-4,7,12H,5-6,8-9,15H2,1-2H3/t12-/m0/s1. The van der Waals surface area contributed by atoms with Gasteiger partial charge < -0.3 is 15.4 Å². The van der Waals surface area contributed by atoms with E-state index in [1.807, 2.05) is 32.0 Å². The molecule has 0 saturated carbocycles. The van der Waals surface area contributed by atoms with Crippen molar-refractivity contribution in [1.29, 1.82) is 0 Å². The molecule has 0 radical (unpaired) electrons. The fourth-order valence-corrected chi connectivity index (χ4v) is 2.21. The lowest BCUT2D eigenvalue weighted by Crippen LogP contribution is -2.35. The van der Waals surface area contributed by atoms with Crippen LogP contribution in [0.4, 0.5) is 0 Å². The summed E-state index contributed by atoms with van der Waals surface area (Å²) < 4.78 is 5.57. The molecule has 1 aliphatic heterocycles. The number of rotatable bonds is 3. The summed E-state index contributed by atoms with van der Waals surface area (Å²) in [5, 5.41) is 0. The molecule has 4 nitrogen and oxygen atoms in total. The van der Waals surface area contributed by atoms with Gasteiger partial charge in [-0.05, 0) is 31.9 Å². The predicted molar refractivity (Wildman–Crippen MR) is 70.6 cm³/mol. The number of hydrogen-bond donors (Lipinski definition) is 1. The van der Waals surface area contributed by atoms with E-state index < -0.39 is 0 Å². The van der Waals surface area contributed by atoms with Crippen LogP contribution < -0.4 is 10.5 Å². The highest BCUT2D eigenvalue weighted by atomic mass is 16.5. The SMILES string of the molecule is Cc1ccc(OCC(=O)N2CC[C@H](N)C2)c(C)c1. The molecule has 18 heavy (non-hydrogen) atoms. The Morgan fingerprint density at radius 2 is 2.28 bits per heavy atom. The molecule has 1 fully saturated rings. The molecule has 1 saturated heterocycles. The van der Waals surface area contributed by atoms with Gasteiger partial charge in [0.15, 0.2) is 6.61 Å². The molecule has 0 bridgehead atoms. The van der Waals surface area contributed by atoms with Crippen molar-refractivity contribution in [3.8, 4) is 5.75 Å². The van der Waals surface area contributed by atoms with E-state index in [0.29, 0.717) is 6.54 Å². The summed E-state index contributed by atoms with van der Waals surface area (Å²) in [7, 11) is 0. The van der Waals surface area contributed by atoms with Gasteiger partial charge in [-0.2, -0.15) is 0 Å². The lowest BCUT2D eigenvalue weighted by atomic mass is 10.1. The molecule has 1 atom stereocenters. The lowest BCUT2D eigenvalue weighted by molar-refractivity contribution is -0.132. The van der Waals surface area contributed by atoms with E-state index in [-0.39, 0.29) is 18.6 Å². The van der Waals surface area contributed by atoms with E-state index in [0.717, 1.165) is 24.3 Å². The number of carbonyl (C=O) groups is 1. The van der Waals surface area contributed by atoms with E-state index in [9.17, 15) is 4.79 Å². The second-order valence-corrected chi connectivity index (χ2v) is 4.95. The van der Waals surface area contributed by atoms with Crippen LogP contribution in [0.15, 0.2) is 18.2 Å². The molecule has 1 aliphatic rings. The molecule has 0 spiro atoms. The number of carbonyl (C=O) groups excluding carboxylic acids is 1. The van der Waals surface area contributed by atoms with Crippen LogP contribution in [0.25, 0.3) is 0 Å². The lowest BCUT2D eigenvalue weighted by Gasteiger charge is -2.16. The smallest absolute Gasteiger partial charge is 0.260 e. The van der Waals surface area contributed by atoms with Crippen LogP contribution in [0.5, 0.6) is 5.75 Å². The van der Waals surface area contributed by atoms with E-state index in [1.165, 1.54) is 5.56 Å². The fraction of sp³-hybridized carbons (Fsp3) is 0.500. The van der Waals surface area contributed by atoms with Gasteiger partial charge in [0.05, 0.1) is 0 Å². The van der Waals surface area contributed by atoms with E-state index >= 15 is 0 Å². The zero-order valence-corrected chi connectivity index (χ0v) is 11.0. The summed E-state index contributed by atoms with van der Waals surface area (Å²) in [5.41, 5.74) is 8.02. The Morgan fingerprint density at radius 1 is 1.50 bits per heavy atom. The van der Waals surface area contributed by atoms with E-state index in [4.69, 9.17) is 10.5 Å². The van der Waals surface area contributed by atoms with Crippen LogP contribution in [0.1, 0.15) is 17.5 Å². The van der Waals surface area contributed by atoms with Crippen molar-refractivity contribution in [2.75, 3.05) is 19.7 Å². The van der Waals surface area contributed by atoms with Gasteiger partial charge in [-0.15, -0.1) is 0 Å². The number of hydrogen-bond acceptors (Lipinski definition) is 3. The van der Waals surface area contributed by atoms with Gasteiger partial charge in [-0.1, -0.05) is 17.7 Å². The van der Waals surface area contributed by atoms with E-state index in [1.54, 1.807) is 4.90 Å². The maximum atomic E-state index is 11.9. The Balaban J connectivity index is 1.89.